The average Bonchev–Trinajstić information content (AvgIpc) is 2.75. The lowest BCUT2D eigenvalue weighted by molar-refractivity contribution is -0.128. The lowest BCUT2D eigenvalue weighted by Gasteiger charge is -2.36. The van der Waals surface area contributed by atoms with Crippen molar-refractivity contribution < 1.29 is 9.32 Å². The van der Waals surface area contributed by atoms with Crippen molar-refractivity contribution in [3.63, 3.8) is 0 Å². The summed E-state index contributed by atoms with van der Waals surface area (Å²) in [5.74, 6) is 0.940. The minimum Gasteiger partial charge on any atom is -0.343 e. The van der Waals surface area contributed by atoms with Gasteiger partial charge in [-0.15, -0.1) is 23.2 Å². The van der Waals surface area contributed by atoms with Crippen molar-refractivity contribution in [2.75, 3.05) is 0 Å². The van der Waals surface area contributed by atoms with Crippen LogP contribution in [0.5, 0.6) is 0 Å². The van der Waals surface area contributed by atoms with Crippen LogP contribution in [0.4, 0.5) is 0 Å². The lowest BCUT2D eigenvalue weighted by atomic mass is 9.80. The summed E-state index contributed by atoms with van der Waals surface area (Å²) in [7, 11) is 0. The Balaban J connectivity index is 1.85. The zero-order chi connectivity index (χ0) is 15.3. The highest BCUT2D eigenvalue weighted by Crippen LogP contribution is 2.64. The van der Waals surface area contributed by atoms with Crippen LogP contribution in [0.3, 0.4) is 0 Å². The third-order valence-corrected chi connectivity index (χ3v) is 5.88. The van der Waals surface area contributed by atoms with Gasteiger partial charge in [0.2, 0.25) is 11.8 Å². The number of carbonyl (C=O) groups excluding carboxylic acids is 1. The van der Waals surface area contributed by atoms with Gasteiger partial charge in [-0.05, 0) is 26.2 Å². The molecule has 1 atom stereocenters. The number of alkyl halides is 2. The number of halogens is 2. The summed E-state index contributed by atoms with van der Waals surface area (Å²) >= 11 is 12.2. The predicted octanol–water partition coefficient (Wildman–Crippen LogP) is 3.24. The number of amides is 1. The average molecular weight is 332 g/mol. The number of rotatable bonds is 3. The molecule has 116 valence electrons. The van der Waals surface area contributed by atoms with E-state index in [1.807, 2.05) is 0 Å². The molecule has 2 saturated carbocycles. The van der Waals surface area contributed by atoms with Gasteiger partial charge in [0.05, 0.1) is 5.41 Å². The Labute approximate surface area is 133 Å². The normalized spacial score (nSPS) is 29.9. The Morgan fingerprint density at radius 1 is 1.29 bits per heavy atom. The summed E-state index contributed by atoms with van der Waals surface area (Å²) in [4.78, 5) is 17.0. The second-order valence-electron chi connectivity index (χ2n) is 6.45. The third kappa shape index (κ3) is 2.44. The smallest absolute Gasteiger partial charge is 0.229 e. The van der Waals surface area contributed by atoms with E-state index in [2.05, 4.69) is 15.5 Å². The molecule has 0 aliphatic heterocycles. The quantitative estimate of drug-likeness (QED) is 0.863. The van der Waals surface area contributed by atoms with E-state index in [9.17, 15) is 4.79 Å². The molecule has 0 spiro atoms. The largest absolute Gasteiger partial charge is 0.343 e. The van der Waals surface area contributed by atoms with Crippen molar-refractivity contribution in [2.24, 2.45) is 5.41 Å². The molecular formula is C14H19Cl2N3O2. The maximum Gasteiger partial charge on any atom is 0.229 e. The molecule has 1 N–H and O–H groups in total. The summed E-state index contributed by atoms with van der Waals surface area (Å²) in [6.07, 6.45) is 5.29. The van der Waals surface area contributed by atoms with Gasteiger partial charge in [-0.1, -0.05) is 24.4 Å². The molecule has 1 amide bonds. The first-order valence-corrected chi connectivity index (χ1v) is 8.06. The molecule has 21 heavy (non-hydrogen) atoms. The molecule has 0 unspecified atom stereocenters. The minimum atomic E-state index is -0.972. The molecule has 2 fully saturated rings. The van der Waals surface area contributed by atoms with E-state index >= 15 is 0 Å². The van der Waals surface area contributed by atoms with Crippen molar-refractivity contribution in [1.82, 2.24) is 15.5 Å². The second kappa shape index (κ2) is 4.85. The van der Waals surface area contributed by atoms with E-state index in [0.717, 1.165) is 32.1 Å². The van der Waals surface area contributed by atoms with E-state index < -0.39 is 15.3 Å². The Morgan fingerprint density at radius 2 is 1.90 bits per heavy atom. The summed E-state index contributed by atoms with van der Waals surface area (Å²) < 4.78 is 4.13. The zero-order valence-electron chi connectivity index (χ0n) is 12.2. The fraction of sp³-hybridized carbons (Fsp3) is 0.786. The van der Waals surface area contributed by atoms with Gasteiger partial charge in [-0.2, -0.15) is 4.98 Å². The molecule has 0 radical (unpaired) electrons. The lowest BCUT2D eigenvalue weighted by Crippen LogP contribution is -2.50. The topological polar surface area (TPSA) is 68.0 Å². The fourth-order valence-corrected chi connectivity index (χ4v) is 3.76. The highest BCUT2D eigenvalue weighted by atomic mass is 35.5. The second-order valence-corrected chi connectivity index (χ2v) is 7.93. The first kappa shape index (κ1) is 15.1. The van der Waals surface area contributed by atoms with Crippen LogP contribution < -0.4 is 5.32 Å². The maximum atomic E-state index is 12.6. The number of nitrogens with one attached hydrogen (secondary N) is 1. The van der Waals surface area contributed by atoms with E-state index in [1.54, 1.807) is 13.8 Å². The maximum absolute atomic E-state index is 12.6. The van der Waals surface area contributed by atoms with E-state index in [1.165, 1.54) is 0 Å². The number of aryl methyl sites for hydroxylation is 1. The van der Waals surface area contributed by atoms with Gasteiger partial charge in [0.15, 0.2) is 5.82 Å². The molecule has 1 aromatic heterocycles. The third-order valence-electron chi connectivity index (χ3n) is 4.77. The molecule has 0 bridgehead atoms. The van der Waals surface area contributed by atoms with Gasteiger partial charge in [-0.25, -0.2) is 0 Å². The van der Waals surface area contributed by atoms with E-state index in [4.69, 9.17) is 27.7 Å². The Hall–Kier alpha value is -0.810. The summed E-state index contributed by atoms with van der Waals surface area (Å²) in [6, 6.07) is 0. The fourth-order valence-electron chi connectivity index (χ4n) is 3.05. The van der Waals surface area contributed by atoms with Crippen LogP contribution in [0.1, 0.15) is 57.2 Å². The van der Waals surface area contributed by atoms with E-state index in [0.29, 0.717) is 18.1 Å². The predicted molar refractivity (Wildman–Crippen MR) is 79.1 cm³/mol. The van der Waals surface area contributed by atoms with Crippen LogP contribution in [0.2, 0.25) is 0 Å². The molecule has 2 aliphatic carbocycles. The molecule has 1 aromatic rings. The van der Waals surface area contributed by atoms with E-state index in [-0.39, 0.29) is 5.91 Å². The summed E-state index contributed by atoms with van der Waals surface area (Å²) in [5.41, 5.74) is -1.29. The molecule has 0 aromatic carbocycles. The highest BCUT2D eigenvalue weighted by Gasteiger charge is 2.68. The minimum absolute atomic E-state index is 0.128. The van der Waals surface area contributed by atoms with Crippen LogP contribution in [-0.2, 0) is 10.3 Å². The summed E-state index contributed by atoms with van der Waals surface area (Å²) in [5, 5.41) is 7.16. The first-order valence-electron chi connectivity index (χ1n) is 7.30. The van der Waals surface area contributed by atoms with Crippen LogP contribution in [0, 0.1) is 12.3 Å². The van der Waals surface area contributed by atoms with Gasteiger partial charge in [0, 0.05) is 6.92 Å². The van der Waals surface area contributed by atoms with Crippen LogP contribution in [0.15, 0.2) is 4.52 Å². The highest BCUT2D eigenvalue weighted by molar-refractivity contribution is 6.53. The number of hydrogen-bond acceptors (Lipinski definition) is 4. The van der Waals surface area contributed by atoms with Crippen LogP contribution >= 0.6 is 23.2 Å². The molecular weight excluding hydrogens is 313 g/mol. The number of nitrogens with zero attached hydrogens (tertiary/aromatic N) is 2. The van der Waals surface area contributed by atoms with Gasteiger partial charge in [0.1, 0.15) is 9.87 Å². The van der Waals surface area contributed by atoms with Gasteiger partial charge < -0.3 is 9.84 Å². The Bertz CT molecular complexity index is 566. The van der Waals surface area contributed by atoms with Crippen molar-refractivity contribution in [1.29, 1.82) is 0 Å². The number of hydrogen-bond donors (Lipinski definition) is 1. The molecule has 3 rings (SSSR count). The molecule has 5 nitrogen and oxygen atoms in total. The number of aromatic nitrogens is 2. The van der Waals surface area contributed by atoms with Gasteiger partial charge in [0.25, 0.3) is 0 Å². The molecule has 1 heterocycles. The summed E-state index contributed by atoms with van der Waals surface area (Å²) in [6.45, 7) is 3.54. The van der Waals surface area contributed by atoms with Crippen molar-refractivity contribution >= 4 is 29.1 Å². The Kier molecular flexibility index (Phi) is 3.49. The van der Waals surface area contributed by atoms with Crippen LogP contribution in [0.25, 0.3) is 0 Å². The van der Waals surface area contributed by atoms with Crippen molar-refractivity contribution in [3.05, 3.63) is 11.7 Å². The SMILES string of the molecule is Cc1nc(C2(NC(=O)[C@@]3(C)CC3(Cl)Cl)CCCCC2)no1. The van der Waals surface area contributed by atoms with Gasteiger partial charge >= 0.3 is 0 Å². The zero-order valence-corrected chi connectivity index (χ0v) is 13.7. The monoisotopic (exact) mass is 331 g/mol. The van der Waals surface area contributed by atoms with Crippen molar-refractivity contribution in [3.8, 4) is 0 Å². The van der Waals surface area contributed by atoms with Crippen molar-refractivity contribution in [2.45, 2.75) is 62.2 Å². The number of carbonyl (C=O) groups is 1. The molecule has 2 aliphatic rings. The Morgan fingerprint density at radius 3 is 2.38 bits per heavy atom. The standard InChI is InChI=1S/C14H19Cl2N3O2/c1-9-17-10(19-21-9)13(6-4-3-5-7-13)18-11(20)12(2)8-14(12,15)16/h3-8H2,1-2H3,(H,18,20)/t12-/m1/s1. The first-order chi connectivity index (χ1) is 9.79. The van der Waals surface area contributed by atoms with Crippen LogP contribution in [-0.4, -0.2) is 20.4 Å². The molecule has 7 heteroatoms. The van der Waals surface area contributed by atoms with Gasteiger partial charge in [-0.3, -0.25) is 4.79 Å². The molecule has 0 saturated heterocycles.